The first kappa shape index (κ1) is 13.3. The van der Waals surface area contributed by atoms with Crippen LogP contribution in [-0.2, 0) is 9.47 Å². The van der Waals surface area contributed by atoms with E-state index < -0.39 is 5.60 Å². The average Bonchev–Trinajstić information content (AvgIpc) is 2.16. The predicted molar refractivity (Wildman–Crippen MR) is 61.2 cm³/mol. The Kier molecular flexibility index (Phi) is 4.56. The van der Waals surface area contributed by atoms with Crippen LogP contribution in [-0.4, -0.2) is 49.1 Å². The summed E-state index contributed by atoms with van der Waals surface area (Å²) in [6.07, 6.45) is -0.513. The van der Waals surface area contributed by atoms with E-state index in [4.69, 9.17) is 9.47 Å². The van der Waals surface area contributed by atoms with Crippen molar-refractivity contribution in [3.63, 3.8) is 0 Å². The number of hydrogen-bond donors (Lipinski definition) is 1. The van der Waals surface area contributed by atoms with Crippen LogP contribution in [0, 0.1) is 0 Å². The van der Waals surface area contributed by atoms with Gasteiger partial charge in [-0.25, -0.2) is 4.79 Å². The van der Waals surface area contributed by atoms with Crippen molar-refractivity contribution in [2.75, 3.05) is 26.2 Å². The lowest BCUT2D eigenvalue weighted by Crippen LogP contribution is -2.55. The molecule has 0 radical (unpaired) electrons. The molecule has 0 spiro atoms. The van der Waals surface area contributed by atoms with Crippen LogP contribution in [0.3, 0.4) is 0 Å². The molecule has 0 unspecified atom stereocenters. The van der Waals surface area contributed by atoms with Crippen molar-refractivity contribution >= 4 is 6.09 Å². The van der Waals surface area contributed by atoms with Crippen molar-refractivity contribution < 1.29 is 14.3 Å². The van der Waals surface area contributed by atoms with E-state index in [2.05, 4.69) is 5.32 Å². The van der Waals surface area contributed by atoms with E-state index in [1.807, 2.05) is 27.7 Å². The Morgan fingerprint density at radius 2 is 2.19 bits per heavy atom. The first-order valence-corrected chi connectivity index (χ1v) is 5.76. The van der Waals surface area contributed by atoms with Crippen LogP contribution in [0.25, 0.3) is 0 Å². The standard InChI is InChI=1S/C11H22N2O3/c1-5-15-9-8-12-6-7-13(9)10(14)16-11(2,3)4/h9,12H,5-8H2,1-4H3/t9-/m1/s1. The Balaban J connectivity index is 2.57. The van der Waals surface area contributed by atoms with E-state index >= 15 is 0 Å². The van der Waals surface area contributed by atoms with E-state index in [1.54, 1.807) is 4.90 Å². The molecule has 1 fully saturated rings. The summed E-state index contributed by atoms with van der Waals surface area (Å²) < 4.78 is 10.8. The highest BCUT2D eigenvalue weighted by Crippen LogP contribution is 2.13. The molecule has 0 bridgehead atoms. The molecule has 1 saturated heterocycles. The summed E-state index contributed by atoms with van der Waals surface area (Å²) in [6.45, 7) is 10.2. The van der Waals surface area contributed by atoms with Gasteiger partial charge in [0.05, 0.1) is 0 Å². The second kappa shape index (κ2) is 5.50. The second-order valence-corrected chi connectivity index (χ2v) is 4.79. The minimum absolute atomic E-state index is 0.214. The van der Waals surface area contributed by atoms with Crippen molar-refractivity contribution in [1.29, 1.82) is 0 Å². The molecule has 1 aliphatic heterocycles. The largest absolute Gasteiger partial charge is 0.444 e. The maximum Gasteiger partial charge on any atom is 0.412 e. The fourth-order valence-electron chi connectivity index (χ4n) is 1.55. The molecule has 0 aromatic carbocycles. The molecule has 0 saturated carbocycles. The van der Waals surface area contributed by atoms with Gasteiger partial charge in [-0.15, -0.1) is 0 Å². The summed E-state index contributed by atoms with van der Waals surface area (Å²) in [5.74, 6) is 0. The summed E-state index contributed by atoms with van der Waals surface area (Å²) in [5.41, 5.74) is -0.460. The number of carbonyl (C=O) groups excluding carboxylic acids is 1. The molecule has 1 N–H and O–H groups in total. The average molecular weight is 230 g/mol. The lowest BCUT2D eigenvalue weighted by atomic mass is 10.2. The quantitative estimate of drug-likeness (QED) is 0.774. The number of piperazine rings is 1. The highest BCUT2D eigenvalue weighted by atomic mass is 16.6. The molecule has 1 amide bonds. The van der Waals surface area contributed by atoms with Crippen LogP contribution >= 0.6 is 0 Å². The summed E-state index contributed by atoms with van der Waals surface area (Å²) in [5, 5.41) is 3.19. The Bertz CT molecular complexity index is 236. The number of ether oxygens (including phenoxy) is 2. The van der Waals surface area contributed by atoms with E-state index in [9.17, 15) is 4.79 Å². The number of rotatable bonds is 2. The van der Waals surface area contributed by atoms with Crippen LogP contribution < -0.4 is 5.32 Å². The van der Waals surface area contributed by atoms with E-state index in [-0.39, 0.29) is 12.3 Å². The third-order valence-corrected chi connectivity index (χ3v) is 2.18. The minimum Gasteiger partial charge on any atom is -0.444 e. The van der Waals surface area contributed by atoms with Gasteiger partial charge in [-0.3, -0.25) is 4.90 Å². The van der Waals surface area contributed by atoms with Gasteiger partial charge in [-0.05, 0) is 27.7 Å². The fourth-order valence-corrected chi connectivity index (χ4v) is 1.55. The van der Waals surface area contributed by atoms with Crippen molar-refractivity contribution in [2.24, 2.45) is 0 Å². The Morgan fingerprint density at radius 3 is 2.75 bits per heavy atom. The Labute approximate surface area is 97.1 Å². The van der Waals surface area contributed by atoms with Crippen LogP contribution in [0.4, 0.5) is 4.79 Å². The summed E-state index contributed by atoms with van der Waals surface area (Å²) in [7, 11) is 0. The zero-order valence-corrected chi connectivity index (χ0v) is 10.6. The van der Waals surface area contributed by atoms with Gasteiger partial charge in [-0.2, -0.15) is 0 Å². The maximum absolute atomic E-state index is 11.9. The summed E-state index contributed by atoms with van der Waals surface area (Å²) in [4.78, 5) is 13.5. The third-order valence-electron chi connectivity index (χ3n) is 2.18. The molecule has 0 aromatic rings. The lowest BCUT2D eigenvalue weighted by molar-refractivity contribution is -0.0723. The zero-order valence-electron chi connectivity index (χ0n) is 10.6. The van der Waals surface area contributed by atoms with Gasteiger partial charge >= 0.3 is 6.09 Å². The molecule has 1 atom stereocenters. The highest BCUT2D eigenvalue weighted by molar-refractivity contribution is 5.68. The first-order chi connectivity index (χ1) is 7.44. The van der Waals surface area contributed by atoms with Crippen LogP contribution in [0.5, 0.6) is 0 Å². The minimum atomic E-state index is -0.460. The molecule has 1 heterocycles. The van der Waals surface area contributed by atoms with Gasteiger partial charge in [0, 0.05) is 26.2 Å². The monoisotopic (exact) mass is 230 g/mol. The van der Waals surface area contributed by atoms with Gasteiger partial charge in [0.15, 0.2) is 0 Å². The van der Waals surface area contributed by atoms with Crippen molar-refractivity contribution in [1.82, 2.24) is 10.2 Å². The van der Waals surface area contributed by atoms with Crippen LogP contribution in [0.2, 0.25) is 0 Å². The van der Waals surface area contributed by atoms with Crippen molar-refractivity contribution in [2.45, 2.75) is 39.5 Å². The second-order valence-electron chi connectivity index (χ2n) is 4.79. The third kappa shape index (κ3) is 3.98. The normalized spacial score (nSPS) is 22.0. The molecule has 0 aliphatic carbocycles. The molecule has 16 heavy (non-hydrogen) atoms. The first-order valence-electron chi connectivity index (χ1n) is 5.76. The van der Waals surface area contributed by atoms with Crippen LogP contribution in [0.15, 0.2) is 0 Å². The van der Waals surface area contributed by atoms with Gasteiger partial charge in [0.2, 0.25) is 0 Å². The SMILES string of the molecule is CCO[C@@H]1CNCCN1C(=O)OC(C)(C)C. The molecule has 1 aliphatic rings. The van der Waals surface area contributed by atoms with Gasteiger partial charge in [0.25, 0.3) is 0 Å². The van der Waals surface area contributed by atoms with Gasteiger partial charge < -0.3 is 14.8 Å². The molecule has 94 valence electrons. The van der Waals surface area contributed by atoms with Crippen molar-refractivity contribution in [3.8, 4) is 0 Å². The van der Waals surface area contributed by atoms with E-state index in [0.29, 0.717) is 19.7 Å². The molecule has 0 aromatic heterocycles. The number of hydrogen-bond acceptors (Lipinski definition) is 4. The molecule has 5 nitrogen and oxygen atoms in total. The highest BCUT2D eigenvalue weighted by Gasteiger charge is 2.30. The Morgan fingerprint density at radius 1 is 1.50 bits per heavy atom. The van der Waals surface area contributed by atoms with E-state index in [0.717, 1.165) is 6.54 Å². The molecule has 5 heteroatoms. The Hall–Kier alpha value is -0.810. The van der Waals surface area contributed by atoms with Gasteiger partial charge in [0.1, 0.15) is 11.8 Å². The summed E-state index contributed by atoms with van der Waals surface area (Å²) >= 11 is 0. The number of carbonyl (C=O) groups is 1. The smallest absolute Gasteiger partial charge is 0.412 e. The van der Waals surface area contributed by atoms with E-state index in [1.165, 1.54) is 0 Å². The lowest BCUT2D eigenvalue weighted by Gasteiger charge is -2.36. The fraction of sp³-hybridized carbons (Fsp3) is 0.909. The summed E-state index contributed by atoms with van der Waals surface area (Å²) in [6, 6.07) is 0. The topological polar surface area (TPSA) is 50.8 Å². The number of amides is 1. The number of nitrogens with one attached hydrogen (secondary N) is 1. The van der Waals surface area contributed by atoms with Crippen LogP contribution in [0.1, 0.15) is 27.7 Å². The maximum atomic E-state index is 11.9. The molecule has 1 rings (SSSR count). The predicted octanol–water partition coefficient (Wildman–Crippen LogP) is 1.19. The molecular weight excluding hydrogens is 208 g/mol. The van der Waals surface area contributed by atoms with Gasteiger partial charge in [-0.1, -0.05) is 0 Å². The number of nitrogens with zero attached hydrogens (tertiary/aromatic N) is 1. The zero-order chi connectivity index (χ0) is 12.2. The molecular formula is C11H22N2O3. The van der Waals surface area contributed by atoms with Crippen molar-refractivity contribution in [3.05, 3.63) is 0 Å².